The van der Waals surface area contributed by atoms with E-state index in [1.165, 1.54) is 11.4 Å². The van der Waals surface area contributed by atoms with Crippen LogP contribution in [0.3, 0.4) is 0 Å². The quantitative estimate of drug-likeness (QED) is 0.315. The number of hydrogen-bond acceptors (Lipinski definition) is 7. The zero-order chi connectivity index (χ0) is 21.3. The van der Waals surface area contributed by atoms with Crippen LogP contribution in [0.4, 0.5) is 5.69 Å². The number of likely N-dealkylation sites (N-methyl/N-ethyl adjacent to an activating group) is 1. The molecule has 0 bridgehead atoms. The molecule has 0 aromatic heterocycles. The van der Waals surface area contributed by atoms with Crippen molar-refractivity contribution in [1.82, 2.24) is 4.31 Å². The van der Waals surface area contributed by atoms with Gasteiger partial charge < -0.3 is 15.3 Å². The van der Waals surface area contributed by atoms with Crippen molar-refractivity contribution in [1.29, 1.82) is 0 Å². The zero-order valence-corrected chi connectivity index (χ0v) is 17.3. The summed E-state index contributed by atoms with van der Waals surface area (Å²) in [5.74, 6) is -1.54. The zero-order valence-electron chi connectivity index (χ0n) is 16.5. The van der Waals surface area contributed by atoms with E-state index in [-0.39, 0.29) is 13.2 Å². The molecule has 154 valence electrons. The van der Waals surface area contributed by atoms with Crippen LogP contribution in [0.15, 0.2) is 29.4 Å². The Morgan fingerprint density at radius 1 is 1.29 bits per heavy atom. The van der Waals surface area contributed by atoms with Crippen LogP contribution < -0.4 is 5.32 Å². The highest BCUT2D eigenvalue weighted by molar-refractivity contribution is 7.90. The van der Waals surface area contributed by atoms with Gasteiger partial charge in [-0.3, -0.25) is 9.59 Å². The Bertz CT molecular complexity index is 913. The van der Waals surface area contributed by atoms with Crippen LogP contribution in [0.1, 0.15) is 33.3 Å². The summed E-state index contributed by atoms with van der Waals surface area (Å²) in [6.45, 7) is 6.33. The van der Waals surface area contributed by atoms with E-state index < -0.39 is 37.7 Å². The van der Waals surface area contributed by atoms with Gasteiger partial charge in [-0.05, 0) is 38.5 Å². The van der Waals surface area contributed by atoms with E-state index >= 15 is 0 Å². The Morgan fingerprint density at radius 2 is 1.89 bits per heavy atom. The van der Waals surface area contributed by atoms with Gasteiger partial charge in [0.25, 0.3) is 5.91 Å². The van der Waals surface area contributed by atoms with Gasteiger partial charge in [0.05, 0.1) is 18.0 Å². The SMILES string of the molecule is CC(=O)/C(=N/O)C(=O)Nc1cccc(C2(N(C)S(=O)(=O)C(C)(C)C)COC2)c1. The number of anilines is 1. The van der Waals surface area contributed by atoms with Gasteiger partial charge in [0.15, 0.2) is 5.78 Å². The first-order valence-electron chi connectivity index (χ1n) is 8.58. The predicted octanol–water partition coefficient (Wildman–Crippen LogP) is 1.33. The van der Waals surface area contributed by atoms with E-state index in [2.05, 4.69) is 10.5 Å². The molecule has 1 aliphatic heterocycles. The molecule has 1 heterocycles. The molecule has 9 nitrogen and oxygen atoms in total. The van der Waals surface area contributed by atoms with E-state index in [0.717, 1.165) is 6.92 Å². The molecule has 28 heavy (non-hydrogen) atoms. The molecule has 1 fully saturated rings. The minimum atomic E-state index is -3.64. The Kier molecular flexibility index (Phi) is 5.98. The van der Waals surface area contributed by atoms with Crippen LogP contribution in [-0.4, -0.2) is 60.3 Å². The molecule has 0 unspecified atom stereocenters. The third kappa shape index (κ3) is 3.80. The fourth-order valence-corrected chi connectivity index (χ4v) is 4.31. The van der Waals surface area contributed by atoms with E-state index in [4.69, 9.17) is 9.94 Å². The molecule has 0 aliphatic carbocycles. The maximum atomic E-state index is 13.0. The molecule has 1 amide bonds. The molecule has 0 spiro atoms. The number of nitrogens with zero attached hydrogens (tertiary/aromatic N) is 2. The van der Waals surface area contributed by atoms with Crippen LogP contribution in [-0.2, 0) is 29.9 Å². The lowest BCUT2D eigenvalue weighted by molar-refractivity contribution is -0.114. The number of amides is 1. The monoisotopic (exact) mass is 411 g/mol. The standard InChI is InChI=1S/C18H25N3O6S/c1-12(22)15(20-24)16(23)19-14-8-6-7-13(9-14)18(10-27-11-18)21(5)28(25,26)17(2,3)4/h6-9,24H,10-11H2,1-5H3,(H,19,23)/b20-15-. The number of rotatable bonds is 6. The van der Waals surface area contributed by atoms with Crippen molar-refractivity contribution in [2.24, 2.45) is 5.16 Å². The largest absolute Gasteiger partial charge is 0.410 e. The number of ketones is 1. The fourth-order valence-electron chi connectivity index (χ4n) is 2.82. The second kappa shape index (κ2) is 7.61. The Labute approximate surface area is 164 Å². The molecule has 0 radical (unpaired) electrons. The predicted molar refractivity (Wildman–Crippen MR) is 104 cm³/mol. The van der Waals surface area contributed by atoms with E-state index in [1.54, 1.807) is 45.0 Å². The molecule has 0 saturated carbocycles. The van der Waals surface area contributed by atoms with Gasteiger partial charge in [-0.15, -0.1) is 0 Å². The molecule has 1 aromatic rings. The topological polar surface area (TPSA) is 125 Å². The summed E-state index contributed by atoms with van der Waals surface area (Å²) in [4.78, 5) is 23.4. The van der Waals surface area contributed by atoms with Crippen LogP contribution in [0.25, 0.3) is 0 Å². The smallest absolute Gasteiger partial charge is 0.281 e. The van der Waals surface area contributed by atoms with Gasteiger partial charge in [0, 0.05) is 19.7 Å². The maximum Gasteiger partial charge on any atom is 0.281 e. The minimum absolute atomic E-state index is 0.174. The molecule has 1 aromatic carbocycles. The van der Waals surface area contributed by atoms with Crippen molar-refractivity contribution in [2.75, 3.05) is 25.6 Å². The van der Waals surface area contributed by atoms with Crippen molar-refractivity contribution in [3.63, 3.8) is 0 Å². The second-order valence-electron chi connectivity index (χ2n) is 7.65. The summed E-state index contributed by atoms with van der Waals surface area (Å²) in [6.07, 6.45) is 0. The van der Waals surface area contributed by atoms with Gasteiger partial charge in [0.1, 0.15) is 5.54 Å². The van der Waals surface area contributed by atoms with Crippen molar-refractivity contribution in [3.05, 3.63) is 29.8 Å². The molecule has 1 saturated heterocycles. The molecular weight excluding hydrogens is 386 g/mol. The summed E-state index contributed by atoms with van der Waals surface area (Å²) in [6, 6.07) is 6.61. The maximum absolute atomic E-state index is 13.0. The van der Waals surface area contributed by atoms with Crippen LogP contribution in [0.2, 0.25) is 0 Å². The molecule has 10 heteroatoms. The third-order valence-corrected chi connectivity index (χ3v) is 7.34. The first-order chi connectivity index (χ1) is 12.9. The molecule has 2 rings (SSSR count). The third-order valence-electron chi connectivity index (χ3n) is 4.73. The van der Waals surface area contributed by atoms with Crippen LogP contribution in [0.5, 0.6) is 0 Å². The Morgan fingerprint density at radius 3 is 2.32 bits per heavy atom. The second-order valence-corrected chi connectivity index (χ2v) is 10.4. The Balaban J connectivity index is 2.39. The lowest BCUT2D eigenvalue weighted by Crippen LogP contribution is -2.62. The number of carbonyl (C=O) groups is 2. The van der Waals surface area contributed by atoms with Gasteiger partial charge >= 0.3 is 0 Å². The Hall–Kier alpha value is -2.30. The number of hydrogen-bond donors (Lipinski definition) is 2. The van der Waals surface area contributed by atoms with Crippen molar-refractivity contribution >= 4 is 33.1 Å². The minimum Gasteiger partial charge on any atom is -0.410 e. The summed E-state index contributed by atoms with van der Waals surface area (Å²) in [5, 5.41) is 14.0. The normalized spacial score (nSPS) is 17.1. The number of ether oxygens (including phenoxy) is 1. The highest BCUT2D eigenvalue weighted by Crippen LogP contribution is 2.40. The summed E-state index contributed by atoms with van der Waals surface area (Å²) >= 11 is 0. The number of benzene rings is 1. The van der Waals surface area contributed by atoms with Gasteiger partial charge in [-0.1, -0.05) is 17.3 Å². The lowest BCUT2D eigenvalue weighted by Gasteiger charge is -2.49. The van der Waals surface area contributed by atoms with Crippen molar-refractivity contribution < 1.29 is 28.0 Å². The lowest BCUT2D eigenvalue weighted by atomic mass is 9.88. The average molecular weight is 411 g/mol. The first kappa shape index (κ1) is 22.0. The molecule has 0 atom stereocenters. The van der Waals surface area contributed by atoms with E-state index in [0.29, 0.717) is 11.3 Å². The van der Waals surface area contributed by atoms with Gasteiger partial charge in [-0.25, -0.2) is 8.42 Å². The van der Waals surface area contributed by atoms with E-state index in [1.807, 2.05) is 0 Å². The number of Topliss-reactive ketones (excluding diaryl/α,β-unsaturated/α-hetero) is 1. The van der Waals surface area contributed by atoms with Crippen LogP contribution in [0, 0.1) is 0 Å². The summed E-state index contributed by atoms with van der Waals surface area (Å²) in [5.41, 5.74) is -0.559. The van der Waals surface area contributed by atoms with Crippen molar-refractivity contribution in [3.8, 4) is 0 Å². The average Bonchev–Trinajstić information content (AvgIpc) is 2.53. The molecule has 2 N–H and O–H groups in total. The van der Waals surface area contributed by atoms with Gasteiger partial charge in [0.2, 0.25) is 15.7 Å². The summed E-state index contributed by atoms with van der Waals surface area (Å²) in [7, 11) is -2.12. The molecule has 1 aliphatic rings. The highest BCUT2D eigenvalue weighted by atomic mass is 32.2. The number of carbonyl (C=O) groups excluding carboxylic acids is 2. The van der Waals surface area contributed by atoms with Gasteiger partial charge in [-0.2, -0.15) is 4.31 Å². The highest BCUT2D eigenvalue weighted by Gasteiger charge is 2.51. The fraction of sp³-hybridized carbons (Fsp3) is 0.500. The number of sulfonamides is 1. The number of nitrogens with one attached hydrogen (secondary N) is 1. The van der Waals surface area contributed by atoms with Crippen LogP contribution >= 0.6 is 0 Å². The molecular formula is C18H25N3O6S. The first-order valence-corrected chi connectivity index (χ1v) is 10.0. The van der Waals surface area contributed by atoms with E-state index in [9.17, 15) is 18.0 Å². The van der Waals surface area contributed by atoms with Crippen molar-refractivity contribution in [2.45, 2.75) is 38.0 Å². The summed E-state index contributed by atoms with van der Waals surface area (Å²) < 4.78 is 31.6. The number of oxime groups is 1.